The first-order valence-electron chi connectivity index (χ1n) is 5.49. The van der Waals surface area contributed by atoms with Gasteiger partial charge < -0.3 is 40.4 Å². The molecule has 0 heterocycles. The highest BCUT2D eigenvalue weighted by Crippen LogP contribution is 2.20. The van der Waals surface area contributed by atoms with E-state index in [1.165, 1.54) is 0 Å². The largest absolute Gasteiger partial charge is 0.535 e. The fourth-order valence-corrected chi connectivity index (χ4v) is 1.19. The molecule has 0 aromatic rings. The number of hydrogen-bond donors (Lipinski definition) is 5. The van der Waals surface area contributed by atoms with E-state index in [2.05, 4.69) is 4.89 Å². The van der Waals surface area contributed by atoms with E-state index in [-0.39, 0.29) is 19.8 Å². The van der Waals surface area contributed by atoms with Crippen molar-refractivity contribution in [1.82, 2.24) is 0 Å². The Morgan fingerprint density at radius 2 is 1.17 bits per heavy atom. The summed E-state index contributed by atoms with van der Waals surface area (Å²) >= 11 is 0. The molecule has 0 saturated carbocycles. The maximum absolute atomic E-state index is 10.2. The van der Waals surface area contributed by atoms with Crippen LogP contribution >= 0.6 is 0 Å². The van der Waals surface area contributed by atoms with Gasteiger partial charge in [0.25, 0.3) is 0 Å². The van der Waals surface area contributed by atoms with Crippen LogP contribution in [0.25, 0.3) is 0 Å². The van der Waals surface area contributed by atoms with Gasteiger partial charge in [-0.25, -0.2) is 0 Å². The summed E-state index contributed by atoms with van der Waals surface area (Å²) in [6.07, 6.45) is 0. The SMILES string of the molecule is [O-][OH+]CC(CO)(CO)COCC(CO)(CO)CO. The van der Waals surface area contributed by atoms with E-state index in [0.29, 0.717) is 0 Å². The van der Waals surface area contributed by atoms with Gasteiger partial charge >= 0.3 is 0 Å². The lowest BCUT2D eigenvalue weighted by Crippen LogP contribution is -2.45. The first-order valence-corrected chi connectivity index (χ1v) is 5.49. The second-order valence-corrected chi connectivity index (χ2v) is 4.57. The molecule has 18 heavy (non-hydrogen) atoms. The van der Waals surface area contributed by atoms with Crippen molar-refractivity contribution in [2.24, 2.45) is 10.8 Å². The first kappa shape index (κ1) is 17.7. The molecule has 0 unspecified atom stereocenters. The van der Waals surface area contributed by atoms with Gasteiger partial charge in [0.05, 0.1) is 51.7 Å². The maximum atomic E-state index is 10.2. The van der Waals surface area contributed by atoms with Crippen molar-refractivity contribution in [3.63, 3.8) is 0 Å². The fraction of sp³-hybridized carbons (Fsp3) is 1.00. The molecule has 0 bridgehead atoms. The summed E-state index contributed by atoms with van der Waals surface area (Å²) in [6.45, 7) is -3.06. The highest BCUT2D eigenvalue weighted by Gasteiger charge is 2.35. The third-order valence-electron chi connectivity index (χ3n) is 2.89. The van der Waals surface area contributed by atoms with Gasteiger partial charge in [0.15, 0.2) is 6.61 Å². The van der Waals surface area contributed by atoms with Gasteiger partial charge in [-0.2, -0.15) is 0 Å². The molecule has 0 fully saturated rings. The summed E-state index contributed by atoms with van der Waals surface area (Å²) in [5.74, 6) is 0. The van der Waals surface area contributed by atoms with Crippen molar-refractivity contribution in [2.45, 2.75) is 0 Å². The molecule has 0 spiro atoms. The molecule has 8 nitrogen and oxygen atoms in total. The van der Waals surface area contributed by atoms with Crippen molar-refractivity contribution >= 4 is 0 Å². The molecule has 6 N–H and O–H groups in total. The third kappa shape index (κ3) is 4.75. The first-order chi connectivity index (χ1) is 8.57. The summed E-state index contributed by atoms with van der Waals surface area (Å²) in [5.41, 5.74) is -2.38. The van der Waals surface area contributed by atoms with E-state index >= 15 is 0 Å². The van der Waals surface area contributed by atoms with E-state index in [1.54, 1.807) is 0 Å². The lowest BCUT2D eigenvalue weighted by Gasteiger charge is -2.31. The molecule has 0 aromatic heterocycles. The monoisotopic (exact) mass is 270 g/mol. The Morgan fingerprint density at radius 3 is 1.50 bits per heavy atom. The van der Waals surface area contributed by atoms with Gasteiger partial charge in [0.2, 0.25) is 0 Å². The van der Waals surface area contributed by atoms with Crippen LogP contribution in [0.5, 0.6) is 0 Å². The van der Waals surface area contributed by atoms with Crippen LogP contribution < -0.4 is 5.26 Å². The number of ether oxygens (including phenoxy) is 1. The van der Waals surface area contributed by atoms with Crippen LogP contribution in [0.4, 0.5) is 0 Å². The summed E-state index contributed by atoms with van der Waals surface area (Å²) in [4.78, 5) is 2.63. The molecule has 8 heteroatoms. The molecule has 0 atom stereocenters. The van der Waals surface area contributed by atoms with E-state index in [9.17, 15) is 5.26 Å². The molecular weight excluding hydrogens is 248 g/mol. The fourth-order valence-electron chi connectivity index (χ4n) is 1.19. The van der Waals surface area contributed by atoms with Gasteiger partial charge in [0, 0.05) is 0 Å². The van der Waals surface area contributed by atoms with E-state index in [4.69, 9.17) is 30.3 Å². The Labute approximate surface area is 105 Å². The Morgan fingerprint density at radius 1 is 0.778 bits per heavy atom. The van der Waals surface area contributed by atoms with Gasteiger partial charge in [0.1, 0.15) is 5.41 Å². The van der Waals surface area contributed by atoms with Crippen LogP contribution in [0.15, 0.2) is 0 Å². The highest BCUT2D eigenvalue weighted by molar-refractivity contribution is 4.80. The molecule has 0 saturated heterocycles. The van der Waals surface area contributed by atoms with Crippen LogP contribution in [-0.2, 0) is 4.74 Å². The minimum Gasteiger partial charge on any atom is -0.535 e. The van der Waals surface area contributed by atoms with Crippen molar-refractivity contribution < 1.29 is 40.4 Å². The predicted molar refractivity (Wildman–Crippen MR) is 58.2 cm³/mol. The minimum absolute atomic E-state index is 0.170. The Hall–Kier alpha value is -0.320. The Bertz CT molecular complexity index is 194. The van der Waals surface area contributed by atoms with Gasteiger partial charge in [-0.05, 0) is 0 Å². The van der Waals surface area contributed by atoms with Gasteiger partial charge in [-0.1, -0.05) is 0 Å². The standard InChI is InChI=1S/C10H22O8/c11-1-9(2-12,3-13)6-17-7-10(4-14,5-15)8-18-16/h11-15,18H,1-8H2. The predicted octanol–water partition coefficient (Wildman–Crippen LogP) is -4.26. The minimum atomic E-state index is -1.19. The average Bonchev–Trinajstić information content (AvgIpc) is 2.43. The van der Waals surface area contributed by atoms with Crippen LogP contribution in [0.3, 0.4) is 0 Å². The van der Waals surface area contributed by atoms with Crippen molar-refractivity contribution in [1.29, 1.82) is 0 Å². The van der Waals surface area contributed by atoms with Crippen molar-refractivity contribution in [2.75, 3.05) is 52.9 Å². The van der Waals surface area contributed by atoms with E-state index in [0.717, 1.165) is 0 Å². The third-order valence-corrected chi connectivity index (χ3v) is 2.89. The second kappa shape index (κ2) is 8.73. The number of rotatable bonds is 11. The summed E-state index contributed by atoms with van der Waals surface area (Å²) in [5, 5.41) is 55.6. The lowest BCUT2D eigenvalue weighted by molar-refractivity contribution is -0.781. The zero-order valence-electron chi connectivity index (χ0n) is 10.2. The quantitative estimate of drug-likeness (QED) is 0.145. The highest BCUT2D eigenvalue weighted by atomic mass is 17.1. The van der Waals surface area contributed by atoms with Crippen LogP contribution in [0.1, 0.15) is 0 Å². The van der Waals surface area contributed by atoms with Crippen LogP contribution in [0, 0.1) is 10.8 Å². The average molecular weight is 270 g/mol. The molecule has 0 aromatic carbocycles. The lowest BCUT2D eigenvalue weighted by atomic mass is 9.91. The van der Waals surface area contributed by atoms with Gasteiger partial charge in [-0.3, -0.25) is 0 Å². The second-order valence-electron chi connectivity index (χ2n) is 4.57. The molecular formula is C10H22O8. The van der Waals surface area contributed by atoms with E-state index in [1.807, 2.05) is 0 Å². The Kier molecular flexibility index (Phi) is 8.57. The summed E-state index contributed by atoms with van der Waals surface area (Å²) < 4.78 is 5.17. The van der Waals surface area contributed by atoms with Crippen LogP contribution in [0.2, 0.25) is 0 Å². The van der Waals surface area contributed by atoms with Crippen molar-refractivity contribution in [3.8, 4) is 0 Å². The zero-order chi connectivity index (χ0) is 14.1. The normalized spacial score (nSPS) is 13.0. The van der Waals surface area contributed by atoms with Crippen LogP contribution in [-0.4, -0.2) is 83.3 Å². The molecule has 0 aliphatic heterocycles. The molecule has 0 amide bonds. The molecule has 0 aliphatic rings. The number of aliphatic hydroxyl groups is 6. The molecule has 110 valence electrons. The van der Waals surface area contributed by atoms with Crippen molar-refractivity contribution in [3.05, 3.63) is 0 Å². The molecule has 0 aliphatic carbocycles. The smallest absolute Gasteiger partial charge is 0.162 e. The molecule has 0 rings (SSSR count). The topological polar surface area (TPSA) is 146 Å². The molecule has 0 radical (unpaired) electrons. The van der Waals surface area contributed by atoms with Gasteiger partial charge in [-0.15, -0.1) is 0 Å². The Balaban J connectivity index is 4.36. The summed E-state index contributed by atoms with van der Waals surface area (Å²) in [7, 11) is 0. The number of aliphatic hydroxyl groups excluding tert-OH is 5. The zero-order valence-corrected chi connectivity index (χ0v) is 10.2. The van der Waals surface area contributed by atoms with E-state index < -0.39 is 43.9 Å². The number of hydrogen-bond acceptors (Lipinski definition) is 7. The summed E-state index contributed by atoms with van der Waals surface area (Å²) in [6, 6.07) is 0. The maximum Gasteiger partial charge on any atom is 0.162 e.